The molecule has 0 fully saturated rings. The third-order valence-electron chi connectivity index (χ3n) is 3.71. The average molecular weight is 390 g/mol. The number of nitrogens with one attached hydrogen (secondary N) is 2. The highest BCUT2D eigenvalue weighted by Crippen LogP contribution is 2.16. The molecule has 0 bridgehead atoms. The first-order valence-corrected chi connectivity index (χ1v) is 10.2. The van der Waals surface area contributed by atoms with Crippen LogP contribution in [0.25, 0.3) is 0 Å². The summed E-state index contributed by atoms with van der Waals surface area (Å²) in [5, 5.41) is 11.4. The van der Waals surface area contributed by atoms with E-state index in [0.29, 0.717) is 29.8 Å². The Morgan fingerprint density at radius 2 is 1.74 bits per heavy atom. The van der Waals surface area contributed by atoms with Crippen molar-refractivity contribution in [1.29, 1.82) is 0 Å². The number of aryl methyl sites for hydroxylation is 1. The molecule has 0 spiro atoms. The minimum Gasteiger partial charge on any atom is -0.481 e. The molecule has 3 N–H and O–H groups in total. The van der Waals surface area contributed by atoms with Crippen LogP contribution in [0.5, 0.6) is 0 Å². The molecule has 7 nitrogen and oxygen atoms in total. The predicted molar refractivity (Wildman–Crippen MR) is 104 cm³/mol. The van der Waals surface area contributed by atoms with E-state index in [-0.39, 0.29) is 18.1 Å². The predicted octanol–water partition coefficient (Wildman–Crippen LogP) is 3.11. The number of carboxylic acid groups (broad SMARTS) is 1. The first-order chi connectivity index (χ1) is 12.8. The zero-order valence-electron chi connectivity index (χ0n) is 14.9. The first-order valence-electron chi connectivity index (χ1n) is 8.51. The highest BCUT2D eigenvalue weighted by molar-refractivity contribution is 7.92. The Kier molecular flexibility index (Phi) is 6.95. The van der Waals surface area contributed by atoms with E-state index in [1.54, 1.807) is 49.4 Å². The monoisotopic (exact) mass is 390 g/mol. The second-order valence-corrected chi connectivity index (χ2v) is 7.89. The van der Waals surface area contributed by atoms with Crippen molar-refractivity contribution in [2.45, 2.75) is 26.2 Å². The topological polar surface area (TPSA) is 113 Å². The molecule has 27 heavy (non-hydrogen) atoms. The van der Waals surface area contributed by atoms with Crippen LogP contribution in [0.15, 0.2) is 48.5 Å². The lowest BCUT2D eigenvalue weighted by Gasteiger charge is -2.10. The number of carbonyl (C=O) groups is 2. The summed E-state index contributed by atoms with van der Waals surface area (Å²) in [6.45, 7) is 1.77. The van der Waals surface area contributed by atoms with E-state index < -0.39 is 16.0 Å². The lowest BCUT2D eigenvalue weighted by atomic mass is 10.1. The smallest absolute Gasteiger partial charge is 0.303 e. The van der Waals surface area contributed by atoms with Crippen LogP contribution in [0, 0.1) is 0 Å². The zero-order valence-corrected chi connectivity index (χ0v) is 15.8. The van der Waals surface area contributed by atoms with E-state index in [4.69, 9.17) is 5.11 Å². The number of carboxylic acids is 1. The average Bonchev–Trinajstić information content (AvgIpc) is 2.60. The Morgan fingerprint density at radius 1 is 1.04 bits per heavy atom. The molecule has 2 aromatic rings. The van der Waals surface area contributed by atoms with Crippen molar-refractivity contribution in [3.63, 3.8) is 0 Å². The van der Waals surface area contributed by atoms with E-state index in [1.165, 1.54) is 6.07 Å². The van der Waals surface area contributed by atoms with Gasteiger partial charge in [0, 0.05) is 23.4 Å². The van der Waals surface area contributed by atoms with Crippen LogP contribution in [0.2, 0.25) is 0 Å². The molecule has 8 heteroatoms. The van der Waals surface area contributed by atoms with Gasteiger partial charge in [0.05, 0.1) is 5.75 Å². The summed E-state index contributed by atoms with van der Waals surface area (Å²) < 4.78 is 26.2. The number of aliphatic carboxylic acids is 1. The van der Waals surface area contributed by atoms with Gasteiger partial charge in [-0.15, -0.1) is 0 Å². The van der Waals surface area contributed by atoms with Gasteiger partial charge >= 0.3 is 5.97 Å². The molecule has 0 aliphatic rings. The van der Waals surface area contributed by atoms with Crippen molar-refractivity contribution < 1.29 is 23.1 Å². The summed E-state index contributed by atoms with van der Waals surface area (Å²) in [4.78, 5) is 23.0. The van der Waals surface area contributed by atoms with E-state index >= 15 is 0 Å². The molecule has 0 aliphatic carbocycles. The number of amides is 1. The quantitative estimate of drug-likeness (QED) is 0.609. The Balaban J connectivity index is 2.03. The van der Waals surface area contributed by atoms with Crippen LogP contribution in [0.1, 0.15) is 35.7 Å². The van der Waals surface area contributed by atoms with E-state index in [9.17, 15) is 18.0 Å². The maximum Gasteiger partial charge on any atom is 0.303 e. The molecule has 0 aliphatic heterocycles. The Bertz CT molecular complexity index is 908. The summed E-state index contributed by atoms with van der Waals surface area (Å²) >= 11 is 0. The standard InChI is InChI=1S/C19H22N2O5S/c1-2-12-27(25,26)21-17-5-3-4-15(13-17)19(24)20-16-9-6-14(7-10-16)8-11-18(22)23/h3-7,9-10,13,21H,2,8,11-12H2,1H3,(H,20,24)(H,22,23). The van der Waals surface area contributed by atoms with Crippen molar-refractivity contribution >= 4 is 33.3 Å². The molecular weight excluding hydrogens is 368 g/mol. The van der Waals surface area contributed by atoms with E-state index in [1.807, 2.05) is 0 Å². The van der Waals surface area contributed by atoms with Gasteiger partial charge in [-0.05, 0) is 48.7 Å². The number of rotatable bonds is 9. The lowest BCUT2D eigenvalue weighted by molar-refractivity contribution is -0.136. The molecule has 0 radical (unpaired) electrons. The van der Waals surface area contributed by atoms with Crippen molar-refractivity contribution in [1.82, 2.24) is 0 Å². The fourth-order valence-corrected chi connectivity index (χ4v) is 3.56. The number of benzene rings is 2. The minimum absolute atomic E-state index is 0.0116. The van der Waals surface area contributed by atoms with Crippen LogP contribution >= 0.6 is 0 Å². The highest BCUT2D eigenvalue weighted by atomic mass is 32.2. The second kappa shape index (κ2) is 9.18. The highest BCUT2D eigenvalue weighted by Gasteiger charge is 2.11. The first kappa shape index (κ1) is 20.4. The summed E-state index contributed by atoms with van der Waals surface area (Å²) in [5.74, 6) is -1.22. The molecule has 0 saturated heterocycles. The maximum atomic E-state index is 12.4. The van der Waals surface area contributed by atoms with Crippen LogP contribution in [-0.4, -0.2) is 31.2 Å². The summed E-state index contributed by atoms with van der Waals surface area (Å²) in [5.41, 5.74) is 2.08. The number of hydrogen-bond donors (Lipinski definition) is 3. The molecule has 2 rings (SSSR count). The molecular formula is C19H22N2O5S. The molecule has 2 aromatic carbocycles. The summed E-state index contributed by atoms with van der Waals surface area (Å²) in [6, 6.07) is 13.2. The number of carbonyl (C=O) groups excluding carboxylic acids is 1. The van der Waals surface area contributed by atoms with E-state index in [0.717, 1.165) is 5.56 Å². The molecule has 0 aromatic heterocycles. The normalized spacial score (nSPS) is 11.0. The van der Waals surface area contributed by atoms with Gasteiger partial charge in [0.15, 0.2) is 0 Å². The van der Waals surface area contributed by atoms with Crippen LogP contribution < -0.4 is 10.0 Å². The van der Waals surface area contributed by atoms with Crippen molar-refractivity contribution in [2.24, 2.45) is 0 Å². The fourth-order valence-electron chi connectivity index (χ4n) is 2.43. The second-order valence-electron chi connectivity index (χ2n) is 6.05. The van der Waals surface area contributed by atoms with Gasteiger partial charge in [-0.2, -0.15) is 0 Å². The van der Waals surface area contributed by atoms with Crippen LogP contribution in [0.4, 0.5) is 11.4 Å². The Morgan fingerprint density at radius 3 is 2.37 bits per heavy atom. The van der Waals surface area contributed by atoms with Gasteiger partial charge in [0.25, 0.3) is 5.91 Å². The number of hydrogen-bond acceptors (Lipinski definition) is 4. The minimum atomic E-state index is -3.43. The van der Waals surface area contributed by atoms with Gasteiger partial charge in [-0.3, -0.25) is 14.3 Å². The van der Waals surface area contributed by atoms with Gasteiger partial charge in [-0.25, -0.2) is 8.42 Å². The third kappa shape index (κ3) is 6.74. The molecule has 144 valence electrons. The van der Waals surface area contributed by atoms with Crippen LogP contribution in [-0.2, 0) is 21.2 Å². The third-order valence-corrected chi connectivity index (χ3v) is 5.20. The maximum absolute atomic E-state index is 12.4. The SMILES string of the molecule is CCCS(=O)(=O)Nc1cccc(C(=O)Nc2ccc(CCC(=O)O)cc2)c1. The van der Waals surface area contributed by atoms with Gasteiger partial charge in [0.2, 0.25) is 10.0 Å². The number of sulfonamides is 1. The van der Waals surface area contributed by atoms with Gasteiger partial charge in [-0.1, -0.05) is 25.1 Å². The molecule has 1 amide bonds. The van der Waals surface area contributed by atoms with E-state index in [2.05, 4.69) is 10.0 Å². The Labute approximate surface area is 158 Å². The summed E-state index contributed by atoms with van der Waals surface area (Å²) in [7, 11) is -3.43. The zero-order chi connectivity index (χ0) is 19.9. The lowest BCUT2D eigenvalue weighted by Crippen LogP contribution is -2.17. The van der Waals surface area contributed by atoms with Crippen molar-refractivity contribution in [3.05, 3.63) is 59.7 Å². The molecule has 0 unspecified atom stereocenters. The molecule has 0 atom stereocenters. The Hall–Kier alpha value is -2.87. The van der Waals surface area contributed by atoms with Crippen molar-refractivity contribution in [2.75, 3.05) is 15.8 Å². The number of anilines is 2. The van der Waals surface area contributed by atoms with Crippen molar-refractivity contribution in [3.8, 4) is 0 Å². The fraction of sp³-hybridized carbons (Fsp3) is 0.263. The summed E-state index contributed by atoms with van der Waals surface area (Å²) in [6.07, 6.45) is 0.966. The van der Waals surface area contributed by atoms with Crippen LogP contribution in [0.3, 0.4) is 0 Å². The molecule has 0 heterocycles. The van der Waals surface area contributed by atoms with Gasteiger partial charge in [0.1, 0.15) is 0 Å². The van der Waals surface area contributed by atoms with Gasteiger partial charge < -0.3 is 10.4 Å². The molecule has 0 saturated carbocycles. The largest absolute Gasteiger partial charge is 0.481 e.